The summed E-state index contributed by atoms with van der Waals surface area (Å²) in [6.45, 7) is 9.42. The number of rotatable bonds is 9. The number of carbonyl (C=O) groups is 2. The molecule has 0 radical (unpaired) electrons. The van der Waals surface area contributed by atoms with E-state index in [1.165, 1.54) is 0 Å². The van der Waals surface area contributed by atoms with Crippen molar-refractivity contribution in [1.82, 2.24) is 10.2 Å². The fraction of sp³-hybridized carbons (Fsp3) is 0.857. The van der Waals surface area contributed by atoms with Gasteiger partial charge in [-0.3, -0.25) is 9.59 Å². The second-order valence-corrected chi connectivity index (χ2v) is 5.29. The zero-order chi connectivity index (χ0) is 14.8. The van der Waals surface area contributed by atoms with Crippen LogP contribution in [0, 0.1) is 5.92 Å². The molecule has 0 unspecified atom stereocenters. The van der Waals surface area contributed by atoms with Gasteiger partial charge < -0.3 is 15.0 Å². The molecular formula is C14H28N2O3. The third-order valence-corrected chi connectivity index (χ3v) is 2.64. The van der Waals surface area contributed by atoms with Gasteiger partial charge in [0.2, 0.25) is 11.8 Å². The molecule has 0 fully saturated rings. The highest BCUT2D eigenvalue weighted by Gasteiger charge is 2.13. The molecule has 112 valence electrons. The SMILES string of the molecule is CC(C)OCCCNC(=O)CCN(C)C(=O)C(C)C. The molecule has 0 heterocycles. The van der Waals surface area contributed by atoms with Gasteiger partial charge in [-0.15, -0.1) is 0 Å². The molecule has 0 aromatic carbocycles. The molecule has 0 aliphatic rings. The van der Waals surface area contributed by atoms with Gasteiger partial charge in [0, 0.05) is 39.1 Å². The predicted molar refractivity (Wildman–Crippen MR) is 75.8 cm³/mol. The molecule has 0 saturated heterocycles. The van der Waals surface area contributed by atoms with Crippen molar-refractivity contribution in [2.45, 2.75) is 46.6 Å². The van der Waals surface area contributed by atoms with Crippen LogP contribution in [-0.2, 0) is 14.3 Å². The van der Waals surface area contributed by atoms with Gasteiger partial charge in [-0.2, -0.15) is 0 Å². The molecule has 1 N–H and O–H groups in total. The second-order valence-electron chi connectivity index (χ2n) is 5.29. The van der Waals surface area contributed by atoms with E-state index in [4.69, 9.17) is 4.74 Å². The predicted octanol–water partition coefficient (Wildman–Crippen LogP) is 1.42. The molecule has 19 heavy (non-hydrogen) atoms. The maximum absolute atomic E-state index is 11.6. The van der Waals surface area contributed by atoms with Gasteiger partial charge in [-0.05, 0) is 20.3 Å². The van der Waals surface area contributed by atoms with Crippen molar-refractivity contribution in [2.24, 2.45) is 5.92 Å². The highest BCUT2D eigenvalue weighted by molar-refractivity contribution is 5.79. The summed E-state index contributed by atoms with van der Waals surface area (Å²) in [5.74, 6) is 0.0207. The Labute approximate surface area is 116 Å². The Bertz CT molecular complexity index is 278. The molecular weight excluding hydrogens is 244 g/mol. The van der Waals surface area contributed by atoms with Gasteiger partial charge in [0.05, 0.1) is 6.10 Å². The van der Waals surface area contributed by atoms with E-state index in [1.54, 1.807) is 11.9 Å². The number of ether oxygens (including phenoxy) is 1. The van der Waals surface area contributed by atoms with Gasteiger partial charge in [0.1, 0.15) is 0 Å². The van der Waals surface area contributed by atoms with E-state index in [-0.39, 0.29) is 23.8 Å². The highest BCUT2D eigenvalue weighted by Crippen LogP contribution is 1.99. The van der Waals surface area contributed by atoms with Gasteiger partial charge >= 0.3 is 0 Å². The molecule has 5 nitrogen and oxygen atoms in total. The Morgan fingerprint density at radius 1 is 1.21 bits per heavy atom. The van der Waals surface area contributed by atoms with Crippen LogP contribution >= 0.6 is 0 Å². The molecule has 0 aromatic rings. The van der Waals surface area contributed by atoms with Crippen LogP contribution in [0.25, 0.3) is 0 Å². The number of carbonyl (C=O) groups excluding carboxylic acids is 2. The Morgan fingerprint density at radius 2 is 1.84 bits per heavy atom. The van der Waals surface area contributed by atoms with Crippen molar-refractivity contribution in [2.75, 3.05) is 26.7 Å². The van der Waals surface area contributed by atoms with E-state index in [0.29, 0.717) is 26.1 Å². The number of hydrogen-bond donors (Lipinski definition) is 1. The maximum Gasteiger partial charge on any atom is 0.224 e. The summed E-state index contributed by atoms with van der Waals surface area (Å²) in [7, 11) is 1.73. The quantitative estimate of drug-likeness (QED) is 0.646. The van der Waals surface area contributed by atoms with E-state index < -0.39 is 0 Å². The minimum absolute atomic E-state index is 0.0204. The first-order chi connectivity index (χ1) is 8.84. The number of hydrogen-bond acceptors (Lipinski definition) is 3. The lowest BCUT2D eigenvalue weighted by molar-refractivity contribution is -0.133. The van der Waals surface area contributed by atoms with Crippen molar-refractivity contribution in [3.8, 4) is 0 Å². The Morgan fingerprint density at radius 3 is 2.37 bits per heavy atom. The normalized spacial score (nSPS) is 10.9. The van der Waals surface area contributed by atoms with Gasteiger partial charge in [-0.1, -0.05) is 13.8 Å². The third-order valence-electron chi connectivity index (χ3n) is 2.64. The fourth-order valence-corrected chi connectivity index (χ4v) is 1.53. The first-order valence-corrected chi connectivity index (χ1v) is 6.97. The zero-order valence-electron chi connectivity index (χ0n) is 12.9. The van der Waals surface area contributed by atoms with E-state index in [2.05, 4.69) is 5.32 Å². The molecule has 0 atom stereocenters. The summed E-state index contributed by atoms with van der Waals surface area (Å²) in [6, 6.07) is 0. The first kappa shape index (κ1) is 17.9. The Balaban J connectivity index is 3.62. The van der Waals surface area contributed by atoms with E-state index >= 15 is 0 Å². The zero-order valence-corrected chi connectivity index (χ0v) is 12.9. The highest BCUT2D eigenvalue weighted by atomic mass is 16.5. The monoisotopic (exact) mass is 272 g/mol. The van der Waals surface area contributed by atoms with Crippen LogP contribution in [-0.4, -0.2) is 49.6 Å². The van der Waals surface area contributed by atoms with Crippen molar-refractivity contribution in [3.05, 3.63) is 0 Å². The molecule has 2 amide bonds. The van der Waals surface area contributed by atoms with Gasteiger partial charge in [0.25, 0.3) is 0 Å². The van der Waals surface area contributed by atoms with Gasteiger partial charge in [-0.25, -0.2) is 0 Å². The molecule has 0 spiro atoms. The van der Waals surface area contributed by atoms with Gasteiger partial charge in [0.15, 0.2) is 0 Å². The van der Waals surface area contributed by atoms with Crippen LogP contribution in [0.2, 0.25) is 0 Å². The standard InChI is InChI=1S/C14H28N2O3/c1-11(2)14(18)16(5)9-7-13(17)15-8-6-10-19-12(3)4/h11-12H,6-10H2,1-5H3,(H,15,17). The lowest BCUT2D eigenvalue weighted by Crippen LogP contribution is -2.35. The smallest absolute Gasteiger partial charge is 0.224 e. The summed E-state index contributed by atoms with van der Waals surface area (Å²) >= 11 is 0. The topological polar surface area (TPSA) is 58.6 Å². The average molecular weight is 272 g/mol. The molecule has 5 heteroatoms. The molecule has 0 aliphatic heterocycles. The molecule has 0 saturated carbocycles. The van der Waals surface area contributed by atoms with E-state index in [0.717, 1.165) is 6.42 Å². The van der Waals surface area contributed by atoms with Crippen LogP contribution < -0.4 is 5.32 Å². The van der Waals surface area contributed by atoms with Crippen molar-refractivity contribution in [1.29, 1.82) is 0 Å². The number of nitrogens with one attached hydrogen (secondary N) is 1. The van der Waals surface area contributed by atoms with Crippen LogP contribution in [0.5, 0.6) is 0 Å². The minimum atomic E-state index is -0.0266. The summed E-state index contributed by atoms with van der Waals surface area (Å²) in [5, 5.41) is 2.82. The molecule has 0 aliphatic carbocycles. The molecule has 0 aromatic heterocycles. The lowest BCUT2D eigenvalue weighted by Gasteiger charge is -2.19. The Kier molecular flexibility index (Phi) is 9.21. The fourth-order valence-electron chi connectivity index (χ4n) is 1.53. The molecule has 0 rings (SSSR count). The number of amides is 2. The van der Waals surface area contributed by atoms with Crippen molar-refractivity contribution >= 4 is 11.8 Å². The van der Waals surface area contributed by atoms with Crippen LogP contribution in [0.1, 0.15) is 40.5 Å². The first-order valence-electron chi connectivity index (χ1n) is 6.97. The lowest BCUT2D eigenvalue weighted by atomic mass is 10.2. The summed E-state index contributed by atoms with van der Waals surface area (Å²) in [5.41, 5.74) is 0. The summed E-state index contributed by atoms with van der Waals surface area (Å²) in [6.07, 6.45) is 1.39. The van der Waals surface area contributed by atoms with Crippen LogP contribution in [0.15, 0.2) is 0 Å². The van der Waals surface area contributed by atoms with E-state index in [1.807, 2.05) is 27.7 Å². The average Bonchev–Trinajstić information content (AvgIpc) is 2.33. The van der Waals surface area contributed by atoms with Crippen molar-refractivity contribution < 1.29 is 14.3 Å². The maximum atomic E-state index is 11.6. The van der Waals surface area contributed by atoms with Crippen LogP contribution in [0.4, 0.5) is 0 Å². The number of nitrogens with zero attached hydrogens (tertiary/aromatic N) is 1. The second kappa shape index (κ2) is 9.78. The van der Waals surface area contributed by atoms with E-state index in [9.17, 15) is 9.59 Å². The third kappa shape index (κ3) is 9.47. The Hall–Kier alpha value is -1.10. The van der Waals surface area contributed by atoms with Crippen LogP contribution in [0.3, 0.4) is 0 Å². The largest absolute Gasteiger partial charge is 0.379 e. The summed E-state index contributed by atoms with van der Waals surface area (Å²) in [4.78, 5) is 24.7. The van der Waals surface area contributed by atoms with Crippen molar-refractivity contribution in [3.63, 3.8) is 0 Å². The summed E-state index contributed by atoms with van der Waals surface area (Å²) < 4.78 is 5.38. The molecule has 0 bridgehead atoms. The minimum Gasteiger partial charge on any atom is -0.379 e.